The van der Waals surface area contributed by atoms with Crippen molar-refractivity contribution < 1.29 is 19.4 Å². The van der Waals surface area contributed by atoms with Crippen LogP contribution in [0.5, 0.6) is 0 Å². The van der Waals surface area contributed by atoms with Crippen molar-refractivity contribution in [1.82, 2.24) is 0 Å². The zero-order valence-corrected chi connectivity index (χ0v) is 12.2. The quantitative estimate of drug-likeness (QED) is 0.534. The maximum Gasteiger partial charge on any atom is 0.306 e. The van der Waals surface area contributed by atoms with Crippen LogP contribution in [0.4, 0.5) is 0 Å². The summed E-state index contributed by atoms with van der Waals surface area (Å²) in [4.78, 5) is 20.4. The third kappa shape index (κ3) is 14.9. The highest BCUT2D eigenvalue weighted by atomic mass is 16.5. The summed E-state index contributed by atoms with van der Waals surface area (Å²) in [7, 11) is 0. The van der Waals surface area contributed by atoms with Crippen molar-refractivity contribution in [1.29, 1.82) is 0 Å². The van der Waals surface area contributed by atoms with Crippen LogP contribution in [-0.4, -0.2) is 23.7 Å². The second kappa shape index (κ2) is 14.0. The Labute approximate surface area is 111 Å². The Morgan fingerprint density at radius 1 is 1.11 bits per heavy atom. The number of rotatable bonds is 8. The van der Waals surface area contributed by atoms with E-state index in [1.54, 1.807) is 6.92 Å². The van der Waals surface area contributed by atoms with Crippen LogP contribution < -0.4 is 0 Å². The standard InChI is InChI=1S/C10H20O2.C4H8O2/c1-3-5-6-7-8-9(4-2)10(11)12;1-3-6-4(2)5/h9H,3-8H2,1-2H3,(H,11,12);3H2,1-2H3. The number of carbonyl (C=O) groups excluding carboxylic acids is 1. The number of hydrogen-bond donors (Lipinski definition) is 1. The monoisotopic (exact) mass is 260 g/mol. The fourth-order valence-electron chi connectivity index (χ4n) is 1.52. The van der Waals surface area contributed by atoms with E-state index in [0.29, 0.717) is 6.61 Å². The van der Waals surface area contributed by atoms with Crippen molar-refractivity contribution in [2.45, 2.75) is 66.2 Å². The molecule has 1 unspecified atom stereocenters. The molecular formula is C14H28O4. The van der Waals surface area contributed by atoms with Crippen LogP contribution in [0.15, 0.2) is 0 Å². The second-order valence-electron chi connectivity index (χ2n) is 4.22. The summed E-state index contributed by atoms with van der Waals surface area (Å²) in [6.45, 7) is 7.76. The topological polar surface area (TPSA) is 63.6 Å². The molecule has 0 aromatic carbocycles. The van der Waals surface area contributed by atoms with Gasteiger partial charge in [0.25, 0.3) is 0 Å². The minimum absolute atomic E-state index is 0.109. The molecule has 0 rings (SSSR count). The lowest BCUT2D eigenvalue weighted by Crippen LogP contribution is -2.12. The summed E-state index contributed by atoms with van der Waals surface area (Å²) in [5.41, 5.74) is 0. The Hall–Kier alpha value is -1.06. The number of unbranched alkanes of at least 4 members (excludes halogenated alkanes) is 3. The first-order chi connectivity index (χ1) is 8.49. The zero-order chi connectivity index (χ0) is 14.4. The van der Waals surface area contributed by atoms with E-state index in [1.807, 2.05) is 6.92 Å². The van der Waals surface area contributed by atoms with Gasteiger partial charge < -0.3 is 9.84 Å². The van der Waals surface area contributed by atoms with Gasteiger partial charge in [-0.2, -0.15) is 0 Å². The van der Waals surface area contributed by atoms with E-state index >= 15 is 0 Å². The summed E-state index contributed by atoms with van der Waals surface area (Å²) in [5, 5.41) is 8.73. The lowest BCUT2D eigenvalue weighted by Gasteiger charge is -2.08. The normalized spacial score (nSPS) is 11.1. The molecule has 1 atom stereocenters. The molecular weight excluding hydrogens is 232 g/mol. The van der Waals surface area contributed by atoms with Crippen LogP contribution in [0.3, 0.4) is 0 Å². The smallest absolute Gasteiger partial charge is 0.306 e. The van der Waals surface area contributed by atoms with Gasteiger partial charge in [-0.05, 0) is 19.8 Å². The molecule has 0 aliphatic rings. The maximum atomic E-state index is 10.6. The number of carboxylic acids is 1. The summed E-state index contributed by atoms with van der Waals surface area (Å²) >= 11 is 0. The number of ether oxygens (including phenoxy) is 1. The van der Waals surface area contributed by atoms with Gasteiger partial charge in [0.05, 0.1) is 12.5 Å². The van der Waals surface area contributed by atoms with E-state index < -0.39 is 5.97 Å². The summed E-state index contributed by atoms with van der Waals surface area (Å²) in [6, 6.07) is 0. The molecule has 4 nitrogen and oxygen atoms in total. The van der Waals surface area contributed by atoms with E-state index in [2.05, 4.69) is 11.7 Å². The van der Waals surface area contributed by atoms with Crippen LogP contribution >= 0.6 is 0 Å². The first-order valence-corrected chi connectivity index (χ1v) is 6.85. The van der Waals surface area contributed by atoms with E-state index in [9.17, 15) is 9.59 Å². The van der Waals surface area contributed by atoms with Gasteiger partial charge in [0.15, 0.2) is 0 Å². The maximum absolute atomic E-state index is 10.6. The minimum atomic E-state index is -0.631. The molecule has 0 aliphatic heterocycles. The van der Waals surface area contributed by atoms with Crippen molar-refractivity contribution in [3.05, 3.63) is 0 Å². The van der Waals surface area contributed by atoms with Gasteiger partial charge >= 0.3 is 11.9 Å². The Morgan fingerprint density at radius 2 is 1.72 bits per heavy atom. The third-order valence-corrected chi connectivity index (χ3v) is 2.60. The van der Waals surface area contributed by atoms with E-state index in [4.69, 9.17) is 5.11 Å². The third-order valence-electron chi connectivity index (χ3n) is 2.60. The van der Waals surface area contributed by atoms with Crippen molar-refractivity contribution in [3.63, 3.8) is 0 Å². The van der Waals surface area contributed by atoms with Gasteiger partial charge in [0.1, 0.15) is 0 Å². The molecule has 0 saturated carbocycles. The first kappa shape index (κ1) is 19.3. The largest absolute Gasteiger partial charge is 0.481 e. The molecule has 0 amide bonds. The van der Waals surface area contributed by atoms with Crippen molar-refractivity contribution in [2.24, 2.45) is 5.92 Å². The molecule has 0 heterocycles. The minimum Gasteiger partial charge on any atom is -0.481 e. The molecule has 1 N–H and O–H groups in total. The zero-order valence-electron chi connectivity index (χ0n) is 12.2. The summed E-state index contributed by atoms with van der Waals surface area (Å²) in [5.74, 6) is -0.951. The number of hydrogen-bond acceptors (Lipinski definition) is 3. The van der Waals surface area contributed by atoms with Crippen LogP contribution in [0.1, 0.15) is 66.2 Å². The van der Waals surface area contributed by atoms with Gasteiger partial charge in [0.2, 0.25) is 0 Å². The molecule has 18 heavy (non-hydrogen) atoms. The molecule has 0 aromatic heterocycles. The average Bonchev–Trinajstić information content (AvgIpc) is 2.29. The van der Waals surface area contributed by atoms with Crippen LogP contribution in [0.25, 0.3) is 0 Å². The molecule has 0 spiro atoms. The lowest BCUT2D eigenvalue weighted by atomic mass is 9.99. The SMILES string of the molecule is CCCCCCC(CC)C(=O)O.CCOC(C)=O. The Morgan fingerprint density at radius 3 is 2.00 bits per heavy atom. The van der Waals surface area contributed by atoms with Crippen molar-refractivity contribution in [3.8, 4) is 0 Å². The molecule has 0 aromatic rings. The predicted octanol–water partition coefficient (Wildman–Crippen LogP) is 3.64. The number of carbonyl (C=O) groups is 2. The highest BCUT2D eigenvalue weighted by Gasteiger charge is 2.13. The molecule has 0 fully saturated rings. The van der Waals surface area contributed by atoms with Crippen molar-refractivity contribution in [2.75, 3.05) is 6.61 Å². The van der Waals surface area contributed by atoms with Gasteiger partial charge in [0, 0.05) is 6.92 Å². The molecule has 0 saturated heterocycles. The summed E-state index contributed by atoms with van der Waals surface area (Å²) < 4.78 is 4.40. The average molecular weight is 260 g/mol. The van der Waals surface area contributed by atoms with Crippen LogP contribution in [-0.2, 0) is 14.3 Å². The second-order valence-corrected chi connectivity index (χ2v) is 4.22. The van der Waals surface area contributed by atoms with Gasteiger partial charge in [-0.3, -0.25) is 9.59 Å². The highest BCUT2D eigenvalue weighted by Crippen LogP contribution is 2.13. The summed E-state index contributed by atoms with van der Waals surface area (Å²) in [6.07, 6.45) is 6.31. The molecule has 0 aliphatic carbocycles. The molecule has 0 bridgehead atoms. The highest BCUT2D eigenvalue weighted by molar-refractivity contribution is 5.69. The Kier molecular flexibility index (Phi) is 15.0. The van der Waals surface area contributed by atoms with Gasteiger partial charge in [-0.1, -0.05) is 39.5 Å². The van der Waals surface area contributed by atoms with E-state index in [-0.39, 0.29) is 11.9 Å². The molecule has 0 radical (unpaired) electrons. The molecule has 108 valence electrons. The van der Waals surface area contributed by atoms with Crippen LogP contribution in [0, 0.1) is 5.92 Å². The number of carboxylic acid groups (broad SMARTS) is 1. The number of aliphatic carboxylic acids is 1. The number of esters is 1. The van der Waals surface area contributed by atoms with Crippen LogP contribution in [0.2, 0.25) is 0 Å². The Balaban J connectivity index is 0. The molecule has 4 heteroatoms. The lowest BCUT2D eigenvalue weighted by molar-refractivity contribution is -0.142. The van der Waals surface area contributed by atoms with Crippen molar-refractivity contribution >= 4 is 11.9 Å². The van der Waals surface area contributed by atoms with Gasteiger partial charge in [-0.25, -0.2) is 0 Å². The fourth-order valence-corrected chi connectivity index (χ4v) is 1.52. The first-order valence-electron chi connectivity index (χ1n) is 6.85. The van der Waals surface area contributed by atoms with E-state index in [1.165, 1.54) is 26.2 Å². The predicted molar refractivity (Wildman–Crippen MR) is 72.5 cm³/mol. The van der Waals surface area contributed by atoms with Gasteiger partial charge in [-0.15, -0.1) is 0 Å². The fraction of sp³-hybridized carbons (Fsp3) is 0.857. The van der Waals surface area contributed by atoms with E-state index in [0.717, 1.165) is 19.3 Å². The Bertz CT molecular complexity index is 214.